The number of carbonyl (C=O) groups excluding carboxylic acids is 2. The van der Waals surface area contributed by atoms with Crippen LogP contribution in [0.2, 0.25) is 0 Å². The van der Waals surface area contributed by atoms with Crippen molar-refractivity contribution in [1.82, 2.24) is 35.7 Å². The van der Waals surface area contributed by atoms with E-state index in [1.54, 1.807) is 11.8 Å². The molecule has 34 heavy (non-hydrogen) atoms. The SMILES string of the molecule is CCC(NC)C(=O)NCC(=O)C1(N2CCCC2c2nnn(Cc3ccccc3)n2)CCCCC1. The van der Waals surface area contributed by atoms with Crippen molar-refractivity contribution in [3.05, 3.63) is 41.7 Å². The van der Waals surface area contributed by atoms with Crippen molar-refractivity contribution in [3.63, 3.8) is 0 Å². The Labute approximate surface area is 201 Å². The Hall–Kier alpha value is -2.65. The van der Waals surface area contributed by atoms with Crippen LogP contribution in [-0.4, -0.2) is 68.5 Å². The van der Waals surface area contributed by atoms with Crippen molar-refractivity contribution in [2.24, 2.45) is 0 Å². The van der Waals surface area contributed by atoms with Gasteiger partial charge in [0.05, 0.1) is 30.7 Å². The van der Waals surface area contributed by atoms with E-state index in [4.69, 9.17) is 5.10 Å². The highest BCUT2D eigenvalue weighted by molar-refractivity contribution is 5.94. The summed E-state index contributed by atoms with van der Waals surface area (Å²) >= 11 is 0. The number of Topliss-reactive ketones (excluding diaryl/α,β-unsaturated/α-hetero) is 1. The summed E-state index contributed by atoms with van der Waals surface area (Å²) in [6, 6.07) is 9.79. The Bertz CT molecular complexity index is 951. The Morgan fingerprint density at radius 1 is 1.15 bits per heavy atom. The highest BCUT2D eigenvalue weighted by atomic mass is 16.2. The van der Waals surface area contributed by atoms with Gasteiger partial charge in [-0.15, -0.1) is 10.2 Å². The van der Waals surface area contributed by atoms with Crippen molar-refractivity contribution in [1.29, 1.82) is 0 Å². The topological polar surface area (TPSA) is 105 Å². The standard InChI is InChI=1S/C25H37N7O2/c1-3-20(26-2)24(34)27-17-22(33)25(14-8-5-9-15-25)31-16-10-13-21(31)23-28-30-32(29-23)18-19-11-6-4-7-12-19/h4,6-7,11-12,20-21,26H,3,5,8-10,13-18H2,1-2H3,(H,27,34). The maximum absolute atomic E-state index is 13.7. The molecule has 0 bridgehead atoms. The molecule has 9 heteroatoms. The van der Waals surface area contributed by atoms with E-state index in [1.807, 2.05) is 37.3 Å². The molecule has 1 amide bonds. The third kappa shape index (κ3) is 5.20. The van der Waals surface area contributed by atoms with Crippen LogP contribution in [0.5, 0.6) is 0 Å². The molecular formula is C25H37N7O2. The normalized spacial score (nSPS) is 21.3. The van der Waals surface area contributed by atoms with Gasteiger partial charge in [0.1, 0.15) is 0 Å². The molecule has 2 unspecified atom stereocenters. The monoisotopic (exact) mass is 467 g/mol. The van der Waals surface area contributed by atoms with E-state index >= 15 is 0 Å². The first-order chi connectivity index (χ1) is 16.6. The second kappa shape index (κ2) is 11.2. The second-order valence-corrected chi connectivity index (χ2v) is 9.50. The van der Waals surface area contributed by atoms with Crippen LogP contribution in [-0.2, 0) is 16.1 Å². The number of hydrogen-bond acceptors (Lipinski definition) is 7. The molecule has 1 aliphatic carbocycles. The van der Waals surface area contributed by atoms with Gasteiger partial charge in [-0.25, -0.2) is 0 Å². The minimum Gasteiger partial charge on any atom is -0.348 e. The fourth-order valence-electron chi connectivity index (χ4n) is 5.59. The molecule has 184 valence electrons. The quantitative estimate of drug-likeness (QED) is 0.552. The van der Waals surface area contributed by atoms with Crippen LogP contribution in [0, 0.1) is 0 Å². The molecule has 0 spiro atoms. The highest BCUT2D eigenvalue weighted by Gasteiger charge is 2.49. The third-order valence-electron chi connectivity index (χ3n) is 7.43. The maximum Gasteiger partial charge on any atom is 0.237 e. The van der Waals surface area contributed by atoms with Gasteiger partial charge in [-0.3, -0.25) is 14.5 Å². The number of likely N-dealkylation sites (tertiary alicyclic amines) is 1. The lowest BCUT2D eigenvalue weighted by Crippen LogP contribution is -2.58. The Kier molecular flexibility index (Phi) is 8.05. The van der Waals surface area contributed by atoms with Gasteiger partial charge in [-0.05, 0) is 56.5 Å². The van der Waals surface area contributed by atoms with E-state index < -0.39 is 5.54 Å². The van der Waals surface area contributed by atoms with E-state index in [9.17, 15) is 9.59 Å². The van der Waals surface area contributed by atoms with E-state index in [2.05, 4.69) is 25.8 Å². The van der Waals surface area contributed by atoms with Crippen LogP contribution in [0.4, 0.5) is 0 Å². The summed E-state index contributed by atoms with van der Waals surface area (Å²) in [6.45, 7) is 3.43. The number of amides is 1. The largest absolute Gasteiger partial charge is 0.348 e. The Morgan fingerprint density at radius 2 is 1.91 bits per heavy atom. The molecule has 1 saturated carbocycles. The van der Waals surface area contributed by atoms with Gasteiger partial charge in [-0.2, -0.15) is 4.80 Å². The van der Waals surface area contributed by atoms with Gasteiger partial charge in [0.2, 0.25) is 5.91 Å². The second-order valence-electron chi connectivity index (χ2n) is 9.50. The lowest BCUT2D eigenvalue weighted by Gasteiger charge is -2.45. The predicted octanol–water partition coefficient (Wildman–Crippen LogP) is 2.24. The molecule has 2 atom stereocenters. The van der Waals surface area contributed by atoms with Crippen LogP contribution in [0.1, 0.15) is 75.7 Å². The van der Waals surface area contributed by atoms with Gasteiger partial charge in [0.15, 0.2) is 11.6 Å². The average Bonchev–Trinajstić information content (AvgIpc) is 3.54. The summed E-state index contributed by atoms with van der Waals surface area (Å²) < 4.78 is 0. The zero-order valence-electron chi connectivity index (χ0n) is 20.4. The number of likely N-dealkylation sites (N-methyl/N-ethyl adjacent to an activating group) is 1. The average molecular weight is 468 g/mol. The van der Waals surface area contributed by atoms with Crippen molar-refractivity contribution in [3.8, 4) is 0 Å². The summed E-state index contributed by atoms with van der Waals surface area (Å²) in [4.78, 5) is 30.2. The molecule has 2 heterocycles. The van der Waals surface area contributed by atoms with E-state index in [1.165, 1.54) is 0 Å². The molecule has 2 fully saturated rings. The first-order valence-corrected chi connectivity index (χ1v) is 12.6. The molecule has 1 aromatic heterocycles. The van der Waals surface area contributed by atoms with Gasteiger partial charge in [-0.1, -0.05) is 56.5 Å². The fourth-order valence-corrected chi connectivity index (χ4v) is 5.59. The number of rotatable bonds is 10. The predicted molar refractivity (Wildman–Crippen MR) is 129 cm³/mol. The Morgan fingerprint density at radius 3 is 2.62 bits per heavy atom. The number of aromatic nitrogens is 4. The van der Waals surface area contributed by atoms with Crippen LogP contribution in [0.25, 0.3) is 0 Å². The lowest BCUT2D eigenvalue weighted by atomic mass is 9.76. The highest BCUT2D eigenvalue weighted by Crippen LogP contribution is 2.43. The molecule has 1 aromatic carbocycles. The first kappa shape index (κ1) is 24.5. The molecule has 1 aliphatic heterocycles. The summed E-state index contributed by atoms with van der Waals surface area (Å²) in [7, 11) is 1.77. The van der Waals surface area contributed by atoms with Gasteiger partial charge in [0, 0.05) is 0 Å². The summed E-state index contributed by atoms with van der Waals surface area (Å²) in [6.07, 6.45) is 7.41. The molecular weight excluding hydrogens is 430 g/mol. The van der Waals surface area contributed by atoms with Crippen molar-refractivity contribution in [2.45, 2.75) is 82.5 Å². The van der Waals surface area contributed by atoms with Crippen molar-refractivity contribution in [2.75, 3.05) is 20.1 Å². The molecule has 1 saturated heterocycles. The van der Waals surface area contributed by atoms with Crippen LogP contribution in [0.15, 0.2) is 30.3 Å². The van der Waals surface area contributed by atoms with Crippen LogP contribution < -0.4 is 10.6 Å². The van der Waals surface area contributed by atoms with Gasteiger partial charge >= 0.3 is 0 Å². The van der Waals surface area contributed by atoms with Gasteiger partial charge in [0.25, 0.3) is 0 Å². The number of tetrazole rings is 1. The zero-order valence-corrected chi connectivity index (χ0v) is 20.4. The lowest BCUT2D eigenvalue weighted by molar-refractivity contribution is -0.136. The maximum atomic E-state index is 13.7. The van der Waals surface area contributed by atoms with Crippen molar-refractivity contribution < 1.29 is 9.59 Å². The number of carbonyl (C=O) groups is 2. The first-order valence-electron chi connectivity index (χ1n) is 12.6. The molecule has 2 aromatic rings. The van der Waals surface area contributed by atoms with E-state index in [0.29, 0.717) is 18.8 Å². The minimum absolute atomic E-state index is 0.0250. The number of benzene rings is 1. The van der Waals surface area contributed by atoms with Crippen molar-refractivity contribution >= 4 is 11.7 Å². The number of nitrogens with one attached hydrogen (secondary N) is 2. The number of hydrogen-bond donors (Lipinski definition) is 2. The van der Waals surface area contributed by atoms with E-state index in [0.717, 1.165) is 57.1 Å². The minimum atomic E-state index is -0.570. The molecule has 2 aliphatic rings. The molecule has 2 N–H and O–H groups in total. The number of nitrogens with zero attached hydrogens (tertiary/aromatic N) is 5. The smallest absolute Gasteiger partial charge is 0.237 e. The van der Waals surface area contributed by atoms with Crippen LogP contribution >= 0.6 is 0 Å². The molecule has 0 radical (unpaired) electrons. The fraction of sp³-hybridized carbons (Fsp3) is 0.640. The summed E-state index contributed by atoms with van der Waals surface area (Å²) in [5, 5.41) is 19.3. The molecule has 4 rings (SSSR count). The zero-order chi connectivity index (χ0) is 24.0. The third-order valence-corrected chi connectivity index (χ3v) is 7.43. The Balaban J connectivity index is 1.50. The molecule has 9 nitrogen and oxygen atoms in total. The van der Waals surface area contributed by atoms with Crippen LogP contribution in [0.3, 0.4) is 0 Å². The van der Waals surface area contributed by atoms with E-state index in [-0.39, 0.29) is 30.3 Å². The summed E-state index contributed by atoms with van der Waals surface area (Å²) in [5.41, 5.74) is 0.551. The van der Waals surface area contributed by atoms with Gasteiger partial charge < -0.3 is 10.6 Å². The number of ketones is 1. The summed E-state index contributed by atoms with van der Waals surface area (Å²) in [5.74, 6) is 0.680.